The third-order valence-electron chi connectivity index (χ3n) is 5.69. The van der Waals surface area contributed by atoms with Crippen LogP contribution < -0.4 is 4.31 Å². The SMILES string of the molecule is CCN(c1ccccc1)S(=O)(=O)c1ccc(Sc2nnc(-c3cccs3)n2CC2CCCO2)nc1. The monoisotopic (exact) mass is 527 g/mol. The second-order valence-corrected chi connectivity index (χ2v) is 11.8. The van der Waals surface area contributed by atoms with Crippen LogP contribution in [0.15, 0.2) is 81.3 Å². The maximum Gasteiger partial charge on any atom is 0.265 e. The molecule has 0 aliphatic carbocycles. The summed E-state index contributed by atoms with van der Waals surface area (Å²) >= 11 is 2.98. The quantitative estimate of drug-likeness (QED) is 0.304. The second-order valence-electron chi connectivity index (χ2n) is 7.97. The van der Waals surface area contributed by atoms with Crippen molar-refractivity contribution in [2.45, 2.75) is 47.5 Å². The number of benzene rings is 1. The van der Waals surface area contributed by atoms with E-state index in [-0.39, 0.29) is 11.0 Å². The molecule has 11 heteroatoms. The number of anilines is 1. The molecule has 4 aromatic rings. The number of aromatic nitrogens is 4. The molecule has 0 spiro atoms. The van der Waals surface area contributed by atoms with Crippen molar-refractivity contribution in [1.82, 2.24) is 19.7 Å². The second kappa shape index (κ2) is 10.5. The predicted molar refractivity (Wildman–Crippen MR) is 137 cm³/mol. The van der Waals surface area contributed by atoms with Crippen LogP contribution in [0.25, 0.3) is 10.7 Å². The van der Waals surface area contributed by atoms with Gasteiger partial charge in [-0.2, -0.15) is 0 Å². The van der Waals surface area contributed by atoms with Crippen molar-refractivity contribution in [1.29, 1.82) is 0 Å². The van der Waals surface area contributed by atoms with Gasteiger partial charge < -0.3 is 4.74 Å². The van der Waals surface area contributed by atoms with E-state index in [4.69, 9.17) is 4.74 Å². The molecule has 5 rings (SSSR count). The Morgan fingerprint density at radius 3 is 2.66 bits per heavy atom. The van der Waals surface area contributed by atoms with Gasteiger partial charge in [-0.1, -0.05) is 24.3 Å². The molecule has 4 heterocycles. The van der Waals surface area contributed by atoms with Crippen molar-refractivity contribution in [2.75, 3.05) is 17.5 Å². The first-order valence-corrected chi connectivity index (χ1v) is 14.5. The number of hydrogen-bond acceptors (Lipinski definition) is 8. The highest BCUT2D eigenvalue weighted by molar-refractivity contribution is 7.99. The summed E-state index contributed by atoms with van der Waals surface area (Å²) in [5, 5.41) is 12.2. The number of thiophene rings is 1. The minimum Gasteiger partial charge on any atom is -0.376 e. The molecule has 1 saturated heterocycles. The third kappa shape index (κ3) is 5.13. The highest BCUT2D eigenvalue weighted by atomic mass is 32.2. The summed E-state index contributed by atoms with van der Waals surface area (Å²) in [4.78, 5) is 5.63. The fourth-order valence-corrected chi connectivity index (χ4v) is 6.91. The standard InChI is InChI=1S/C24H25N5O3S3/c1-2-29(18-8-4-3-5-9-18)35(30,31)20-12-13-22(25-16-20)34-24-27-26-23(21-11-7-15-33-21)28(24)17-19-10-6-14-32-19/h3-5,7-9,11-13,15-16,19H,2,6,10,14,17H2,1H3. The van der Waals surface area contributed by atoms with Gasteiger partial charge in [0, 0.05) is 19.3 Å². The topological polar surface area (TPSA) is 90.2 Å². The molecule has 0 N–H and O–H groups in total. The van der Waals surface area contributed by atoms with Gasteiger partial charge in [0.25, 0.3) is 10.0 Å². The molecule has 1 unspecified atom stereocenters. The number of para-hydroxylation sites is 1. The fourth-order valence-electron chi connectivity index (χ4n) is 3.99. The van der Waals surface area contributed by atoms with Crippen LogP contribution in [0.2, 0.25) is 0 Å². The maximum atomic E-state index is 13.3. The Bertz CT molecular complexity index is 1350. The van der Waals surface area contributed by atoms with E-state index in [0.29, 0.717) is 29.0 Å². The fraction of sp³-hybridized carbons (Fsp3) is 0.292. The van der Waals surface area contributed by atoms with Gasteiger partial charge in [0.1, 0.15) is 9.92 Å². The molecule has 0 bridgehead atoms. The van der Waals surface area contributed by atoms with Crippen molar-refractivity contribution in [3.8, 4) is 10.7 Å². The number of ether oxygens (including phenoxy) is 1. The lowest BCUT2D eigenvalue weighted by Gasteiger charge is -2.22. The van der Waals surface area contributed by atoms with E-state index in [1.807, 2.05) is 42.6 Å². The smallest absolute Gasteiger partial charge is 0.265 e. The Hall–Kier alpha value is -2.73. The van der Waals surface area contributed by atoms with Crippen molar-refractivity contribution in [3.05, 3.63) is 66.2 Å². The summed E-state index contributed by atoms with van der Waals surface area (Å²) in [6.07, 6.45) is 3.60. The number of hydrogen-bond donors (Lipinski definition) is 0. The predicted octanol–water partition coefficient (Wildman–Crippen LogP) is 4.95. The molecule has 1 aromatic carbocycles. The van der Waals surface area contributed by atoms with E-state index in [0.717, 1.165) is 30.2 Å². The van der Waals surface area contributed by atoms with Crippen molar-refractivity contribution >= 4 is 38.8 Å². The van der Waals surface area contributed by atoms with Crippen molar-refractivity contribution in [2.24, 2.45) is 0 Å². The van der Waals surface area contributed by atoms with E-state index < -0.39 is 10.0 Å². The van der Waals surface area contributed by atoms with Gasteiger partial charge >= 0.3 is 0 Å². The average molecular weight is 528 g/mol. The summed E-state index contributed by atoms with van der Waals surface area (Å²) in [5.74, 6) is 0.804. The molecule has 3 aromatic heterocycles. The van der Waals surface area contributed by atoms with Gasteiger partial charge in [-0.15, -0.1) is 21.5 Å². The van der Waals surface area contributed by atoms with Crippen molar-refractivity contribution < 1.29 is 13.2 Å². The zero-order chi connectivity index (χ0) is 24.3. The van der Waals surface area contributed by atoms with Crippen LogP contribution in [0, 0.1) is 0 Å². The van der Waals surface area contributed by atoms with Crippen LogP contribution in [0.1, 0.15) is 19.8 Å². The normalized spacial score (nSPS) is 16.0. The Kier molecular flexibility index (Phi) is 7.19. The number of rotatable bonds is 9. The summed E-state index contributed by atoms with van der Waals surface area (Å²) in [6.45, 7) is 3.57. The summed E-state index contributed by atoms with van der Waals surface area (Å²) in [6, 6.07) is 16.4. The molecular formula is C24H25N5O3S3. The molecule has 0 saturated carbocycles. The van der Waals surface area contributed by atoms with Crippen LogP contribution in [-0.2, 0) is 21.3 Å². The first kappa shape index (κ1) is 24.0. The van der Waals surface area contributed by atoms with Crippen LogP contribution >= 0.6 is 23.1 Å². The Morgan fingerprint density at radius 2 is 2.00 bits per heavy atom. The minimum absolute atomic E-state index is 0.127. The number of pyridine rings is 1. The molecule has 1 fully saturated rings. The van der Waals surface area contributed by atoms with Crippen LogP contribution in [0.4, 0.5) is 5.69 Å². The molecular weight excluding hydrogens is 502 g/mol. The van der Waals surface area contributed by atoms with E-state index in [1.54, 1.807) is 35.6 Å². The minimum atomic E-state index is -3.73. The Morgan fingerprint density at radius 1 is 1.14 bits per heavy atom. The lowest BCUT2D eigenvalue weighted by atomic mass is 10.2. The van der Waals surface area contributed by atoms with E-state index in [1.165, 1.54) is 22.3 Å². The third-order valence-corrected chi connectivity index (χ3v) is 9.38. The summed E-state index contributed by atoms with van der Waals surface area (Å²) < 4.78 is 35.8. The van der Waals surface area contributed by atoms with E-state index >= 15 is 0 Å². The van der Waals surface area contributed by atoms with E-state index in [2.05, 4.69) is 19.7 Å². The zero-order valence-corrected chi connectivity index (χ0v) is 21.6. The van der Waals surface area contributed by atoms with Gasteiger partial charge in [-0.3, -0.25) is 8.87 Å². The number of nitrogens with zero attached hydrogens (tertiary/aromatic N) is 5. The molecule has 182 valence electrons. The van der Waals surface area contributed by atoms with Gasteiger partial charge in [-0.05, 0) is 67.2 Å². The van der Waals surface area contributed by atoms with Gasteiger partial charge in [0.2, 0.25) is 0 Å². The lowest BCUT2D eigenvalue weighted by Crippen LogP contribution is -2.30. The molecule has 0 radical (unpaired) electrons. The highest BCUT2D eigenvalue weighted by Crippen LogP contribution is 2.32. The summed E-state index contributed by atoms with van der Waals surface area (Å²) in [7, 11) is -3.73. The Balaban J connectivity index is 1.39. The zero-order valence-electron chi connectivity index (χ0n) is 19.1. The van der Waals surface area contributed by atoms with Crippen LogP contribution in [0.3, 0.4) is 0 Å². The van der Waals surface area contributed by atoms with Crippen LogP contribution in [0.5, 0.6) is 0 Å². The highest BCUT2D eigenvalue weighted by Gasteiger charge is 2.25. The first-order valence-electron chi connectivity index (χ1n) is 11.4. The molecule has 8 nitrogen and oxygen atoms in total. The molecule has 1 atom stereocenters. The lowest BCUT2D eigenvalue weighted by molar-refractivity contribution is 0.0953. The maximum absolute atomic E-state index is 13.3. The van der Waals surface area contributed by atoms with E-state index in [9.17, 15) is 8.42 Å². The first-order chi connectivity index (χ1) is 17.1. The van der Waals surface area contributed by atoms with Crippen LogP contribution in [-0.4, -0.2) is 47.4 Å². The summed E-state index contributed by atoms with van der Waals surface area (Å²) in [5.41, 5.74) is 0.622. The molecule has 1 aliphatic heterocycles. The Labute approximate surface area is 213 Å². The molecule has 1 aliphatic rings. The average Bonchev–Trinajstić information content (AvgIpc) is 3.64. The number of sulfonamides is 1. The molecule has 0 amide bonds. The molecule has 35 heavy (non-hydrogen) atoms. The largest absolute Gasteiger partial charge is 0.376 e. The van der Waals surface area contributed by atoms with Gasteiger partial charge in [-0.25, -0.2) is 13.4 Å². The van der Waals surface area contributed by atoms with Gasteiger partial charge in [0.15, 0.2) is 11.0 Å². The van der Waals surface area contributed by atoms with Gasteiger partial charge in [0.05, 0.1) is 23.2 Å². The van der Waals surface area contributed by atoms with Crippen molar-refractivity contribution in [3.63, 3.8) is 0 Å².